The highest BCUT2D eigenvalue weighted by Gasteiger charge is 2.11. The fourth-order valence-corrected chi connectivity index (χ4v) is 1.84. The van der Waals surface area contributed by atoms with Crippen LogP contribution in [0.4, 0.5) is 10.5 Å². The standard InChI is InChI=1S/C16H15N5O3.ClH/c17-15(18)20-14(23)11-7-4-8-12(9-11)19-16(24)21-13(22)10-5-2-1-3-6-10;/h1-9H,(H4,17,18,20,23)(H2,19,21,22,24);1H. The highest BCUT2D eigenvalue weighted by molar-refractivity contribution is 6.08. The first-order chi connectivity index (χ1) is 11.5. The number of amides is 4. The van der Waals surface area contributed by atoms with Crippen molar-refractivity contribution >= 4 is 41.9 Å². The molecule has 2 aromatic rings. The second-order valence-corrected chi connectivity index (χ2v) is 4.70. The van der Waals surface area contributed by atoms with E-state index in [-0.39, 0.29) is 23.9 Å². The van der Waals surface area contributed by atoms with Crippen molar-refractivity contribution in [3.8, 4) is 0 Å². The molecular weight excluding hydrogens is 346 g/mol. The number of halogens is 1. The predicted molar refractivity (Wildman–Crippen MR) is 96.8 cm³/mol. The van der Waals surface area contributed by atoms with Gasteiger partial charge in [0.15, 0.2) is 5.96 Å². The third-order valence-electron chi connectivity index (χ3n) is 2.86. The van der Waals surface area contributed by atoms with Gasteiger partial charge in [-0.25, -0.2) is 4.79 Å². The van der Waals surface area contributed by atoms with E-state index in [0.717, 1.165) is 0 Å². The Balaban J connectivity index is 0.00000312. The molecule has 4 amide bonds. The first-order valence-corrected chi connectivity index (χ1v) is 6.87. The molecule has 2 aromatic carbocycles. The van der Waals surface area contributed by atoms with Crippen LogP contribution in [0.3, 0.4) is 0 Å². The smallest absolute Gasteiger partial charge is 0.326 e. The zero-order valence-electron chi connectivity index (χ0n) is 12.9. The van der Waals surface area contributed by atoms with E-state index in [4.69, 9.17) is 11.5 Å². The molecule has 0 aliphatic rings. The molecule has 130 valence electrons. The lowest BCUT2D eigenvalue weighted by Crippen LogP contribution is -2.34. The van der Waals surface area contributed by atoms with Gasteiger partial charge in [0.25, 0.3) is 11.8 Å². The first kappa shape index (κ1) is 19.7. The number of aliphatic imine (C=N–C) groups is 1. The summed E-state index contributed by atoms with van der Waals surface area (Å²) in [6, 6.07) is 13.5. The summed E-state index contributed by atoms with van der Waals surface area (Å²) >= 11 is 0. The number of nitrogens with zero attached hydrogens (tertiary/aromatic N) is 1. The van der Waals surface area contributed by atoms with Gasteiger partial charge in [0.05, 0.1) is 0 Å². The van der Waals surface area contributed by atoms with E-state index < -0.39 is 17.8 Å². The highest BCUT2D eigenvalue weighted by Crippen LogP contribution is 2.11. The van der Waals surface area contributed by atoms with E-state index >= 15 is 0 Å². The van der Waals surface area contributed by atoms with Gasteiger partial charge in [-0.05, 0) is 30.3 Å². The summed E-state index contributed by atoms with van der Waals surface area (Å²) in [5, 5.41) is 4.64. The van der Waals surface area contributed by atoms with Gasteiger partial charge in [-0.3, -0.25) is 14.9 Å². The maximum Gasteiger partial charge on any atom is 0.326 e. The fraction of sp³-hybridized carbons (Fsp3) is 0. The second kappa shape index (κ2) is 9.04. The second-order valence-electron chi connectivity index (χ2n) is 4.70. The molecule has 0 aliphatic heterocycles. The number of hydrogen-bond acceptors (Lipinski definition) is 3. The molecular formula is C16H16ClN5O3. The number of nitrogens with two attached hydrogens (primary N) is 2. The minimum absolute atomic E-state index is 0. The van der Waals surface area contributed by atoms with Crippen LogP contribution in [-0.2, 0) is 0 Å². The maximum absolute atomic E-state index is 11.9. The number of carbonyl (C=O) groups is 3. The Kier molecular flexibility index (Phi) is 7.11. The molecule has 0 heterocycles. The number of hydrogen-bond donors (Lipinski definition) is 4. The minimum atomic E-state index is -0.727. The quantitative estimate of drug-likeness (QED) is 0.484. The SMILES string of the molecule is Cl.NC(N)=NC(=O)c1cccc(NC(=O)NC(=O)c2ccccc2)c1. The third-order valence-corrected chi connectivity index (χ3v) is 2.86. The molecule has 2 rings (SSSR count). The summed E-state index contributed by atoms with van der Waals surface area (Å²) in [6.45, 7) is 0. The Bertz CT molecular complexity index is 804. The number of imide groups is 1. The molecule has 0 fully saturated rings. The number of urea groups is 1. The van der Waals surface area contributed by atoms with Crippen LogP contribution < -0.4 is 22.1 Å². The lowest BCUT2D eigenvalue weighted by molar-refractivity contribution is 0.0964. The van der Waals surface area contributed by atoms with Gasteiger partial charge in [-0.1, -0.05) is 24.3 Å². The first-order valence-electron chi connectivity index (χ1n) is 6.87. The highest BCUT2D eigenvalue weighted by atomic mass is 35.5. The fourth-order valence-electron chi connectivity index (χ4n) is 1.84. The van der Waals surface area contributed by atoms with Gasteiger partial charge in [0.1, 0.15) is 0 Å². The zero-order chi connectivity index (χ0) is 17.5. The van der Waals surface area contributed by atoms with E-state index in [1.165, 1.54) is 12.1 Å². The largest absolute Gasteiger partial charge is 0.370 e. The molecule has 0 unspecified atom stereocenters. The van der Waals surface area contributed by atoms with Gasteiger partial charge < -0.3 is 16.8 Å². The van der Waals surface area contributed by atoms with Crippen molar-refractivity contribution in [3.63, 3.8) is 0 Å². The van der Waals surface area contributed by atoms with Gasteiger partial charge in [0, 0.05) is 16.8 Å². The van der Waals surface area contributed by atoms with E-state index in [0.29, 0.717) is 11.3 Å². The molecule has 25 heavy (non-hydrogen) atoms. The van der Waals surface area contributed by atoms with E-state index in [1.54, 1.807) is 42.5 Å². The number of anilines is 1. The number of rotatable bonds is 3. The van der Waals surface area contributed by atoms with E-state index in [2.05, 4.69) is 15.6 Å². The van der Waals surface area contributed by atoms with Crippen molar-refractivity contribution < 1.29 is 14.4 Å². The summed E-state index contributed by atoms with van der Waals surface area (Å²) in [4.78, 5) is 38.9. The lowest BCUT2D eigenvalue weighted by atomic mass is 10.2. The van der Waals surface area contributed by atoms with Crippen molar-refractivity contribution in [2.45, 2.75) is 0 Å². The molecule has 0 spiro atoms. The van der Waals surface area contributed by atoms with Crippen LogP contribution in [0.15, 0.2) is 59.6 Å². The maximum atomic E-state index is 11.9. The number of carbonyl (C=O) groups excluding carboxylic acids is 3. The molecule has 0 bridgehead atoms. The molecule has 0 radical (unpaired) electrons. The molecule has 8 nitrogen and oxygen atoms in total. The van der Waals surface area contributed by atoms with Gasteiger partial charge in [-0.2, -0.15) is 4.99 Å². The molecule has 0 saturated carbocycles. The van der Waals surface area contributed by atoms with Crippen molar-refractivity contribution in [1.82, 2.24) is 5.32 Å². The Hall–Kier alpha value is -3.39. The van der Waals surface area contributed by atoms with Crippen molar-refractivity contribution in [2.75, 3.05) is 5.32 Å². The van der Waals surface area contributed by atoms with Gasteiger partial charge in [-0.15, -0.1) is 12.4 Å². The van der Waals surface area contributed by atoms with Crippen LogP contribution in [0, 0.1) is 0 Å². The normalized spacial score (nSPS) is 9.28. The summed E-state index contributed by atoms with van der Waals surface area (Å²) < 4.78 is 0. The summed E-state index contributed by atoms with van der Waals surface area (Å²) in [5.74, 6) is -1.54. The van der Waals surface area contributed by atoms with Crippen LogP contribution in [0.2, 0.25) is 0 Å². The van der Waals surface area contributed by atoms with Crippen LogP contribution in [-0.4, -0.2) is 23.8 Å². The number of nitrogens with one attached hydrogen (secondary N) is 2. The lowest BCUT2D eigenvalue weighted by Gasteiger charge is -2.07. The predicted octanol–water partition coefficient (Wildman–Crippen LogP) is 1.48. The zero-order valence-corrected chi connectivity index (χ0v) is 13.7. The Labute approximate surface area is 149 Å². The minimum Gasteiger partial charge on any atom is -0.370 e. The summed E-state index contributed by atoms with van der Waals surface area (Å²) in [6.07, 6.45) is 0. The summed E-state index contributed by atoms with van der Waals surface area (Å²) in [7, 11) is 0. The molecule has 0 aliphatic carbocycles. The molecule has 9 heteroatoms. The monoisotopic (exact) mass is 361 g/mol. The van der Waals surface area contributed by atoms with E-state index in [9.17, 15) is 14.4 Å². The Morgan fingerprint density at radius 3 is 2.16 bits per heavy atom. The number of benzene rings is 2. The molecule has 0 saturated heterocycles. The molecule has 6 N–H and O–H groups in total. The Morgan fingerprint density at radius 1 is 0.880 bits per heavy atom. The van der Waals surface area contributed by atoms with Crippen LogP contribution in [0.25, 0.3) is 0 Å². The van der Waals surface area contributed by atoms with Crippen LogP contribution in [0.1, 0.15) is 20.7 Å². The van der Waals surface area contributed by atoms with E-state index in [1.807, 2.05) is 0 Å². The van der Waals surface area contributed by atoms with Crippen LogP contribution in [0.5, 0.6) is 0 Å². The van der Waals surface area contributed by atoms with Crippen molar-refractivity contribution in [2.24, 2.45) is 16.5 Å². The average Bonchev–Trinajstić information content (AvgIpc) is 2.55. The molecule has 0 atom stereocenters. The third kappa shape index (κ3) is 5.96. The van der Waals surface area contributed by atoms with Crippen molar-refractivity contribution in [3.05, 3.63) is 65.7 Å². The van der Waals surface area contributed by atoms with Crippen molar-refractivity contribution in [1.29, 1.82) is 0 Å². The van der Waals surface area contributed by atoms with Gasteiger partial charge in [0.2, 0.25) is 0 Å². The Morgan fingerprint density at radius 2 is 1.52 bits per heavy atom. The average molecular weight is 362 g/mol. The van der Waals surface area contributed by atoms with Gasteiger partial charge >= 0.3 is 6.03 Å². The number of guanidine groups is 1. The summed E-state index contributed by atoms with van der Waals surface area (Å²) in [5.41, 5.74) is 11.2. The topological polar surface area (TPSA) is 140 Å². The molecule has 0 aromatic heterocycles. The van der Waals surface area contributed by atoms with Crippen LogP contribution >= 0.6 is 12.4 Å².